The van der Waals surface area contributed by atoms with Gasteiger partial charge in [-0.05, 0) is 31.5 Å². The first-order valence-electron chi connectivity index (χ1n) is 11.3. The normalized spacial score (nSPS) is 17.8. The molecule has 1 atom stereocenters. The summed E-state index contributed by atoms with van der Waals surface area (Å²) in [4.78, 5) is 18.3. The van der Waals surface area contributed by atoms with E-state index in [1.54, 1.807) is 18.3 Å². The third-order valence-electron chi connectivity index (χ3n) is 6.20. The van der Waals surface area contributed by atoms with Gasteiger partial charge in [-0.25, -0.2) is 41.8 Å². The number of nitrogens with two attached hydrogens (primary N) is 1. The molecule has 5 rings (SSSR count). The Morgan fingerprint density at radius 3 is 2.62 bits per heavy atom. The number of ether oxygens (including phenoxy) is 1. The van der Waals surface area contributed by atoms with Crippen LogP contribution in [-0.2, 0) is 10.0 Å². The van der Waals surface area contributed by atoms with E-state index in [9.17, 15) is 22.0 Å². The summed E-state index contributed by atoms with van der Waals surface area (Å²) in [5.41, 5.74) is 1.05. The van der Waals surface area contributed by atoms with Crippen molar-refractivity contribution in [3.05, 3.63) is 65.1 Å². The third-order valence-corrected chi connectivity index (χ3v) is 7.36. The highest BCUT2D eigenvalue weighted by Gasteiger charge is 2.39. The number of benzene rings is 1. The number of aryl methyl sites for hydroxylation is 1. The molecule has 37 heavy (non-hydrogen) atoms. The largest absolute Gasteiger partial charge is 0.483 e. The van der Waals surface area contributed by atoms with Crippen molar-refractivity contribution in [1.82, 2.24) is 24.7 Å². The molecule has 2 aromatic heterocycles. The first kappa shape index (κ1) is 24.8. The molecule has 1 fully saturated rings. The van der Waals surface area contributed by atoms with Gasteiger partial charge >= 0.3 is 6.03 Å². The zero-order valence-electron chi connectivity index (χ0n) is 19.9. The van der Waals surface area contributed by atoms with E-state index in [4.69, 9.17) is 9.88 Å². The van der Waals surface area contributed by atoms with Crippen molar-refractivity contribution in [2.24, 2.45) is 10.2 Å². The smallest absolute Gasteiger partial charge is 0.341 e. The summed E-state index contributed by atoms with van der Waals surface area (Å²) < 4.78 is 58.9. The van der Waals surface area contributed by atoms with Crippen LogP contribution in [0, 0.1) is 25.5 Å². The number of amides is 2. The zero-order chi connectivity index (χ0) is 26.5. The number of carbonyl (C=O) groups is 1. The van der Waals surface area contributed by atoms with Crippen LogP contribution in [0.4, 0.5) is 13.6 Å². The molecule has 2 aliphatic rings. The molecule has 4 heterocycles. The van der Waals surface area contributed by atoms with Crippen molar-refractivity contribution in [2.45, 2.75) is 37.3 Å². The number of hydrazone groups is 1. The number of carbonyl (C=O) groups excluding carboxylic acids is 1. The number of sulfonamides is 1. The van der Waals surface area contributed by atoms with Gasteiger partial charge in [0.1, 0.15) is 16.8 Å². The maximum Gasteiger partial charge on any atom is 0.341 e. The van der Waals surface area contributed by atoms with E-state index in [1.165, 1.54) is 46.6 Å². The Hall–Kier alpha value is -3.91. The number of primary sulfonamides is 1. The molecule has 0 bridgehead atoms. The lowest BCUT2D eigenvalue weighted by molar-refractivity contribution is 0.0256. The van der Waals surface area contributed by atoms with Gasteiger partial charge in [0.15, 0.2) is 17.4 Å². The van der Waals surface area contributed by atoms with Gasteiger partial charge in [-0.2, -0.15) is 10.2 Å². The Morgan fingerprint density at radius 1 is 1.19 bits per heavy atom. The number of hydrogen-bond acceptors (Lipinski definition) is 7. The molecule has 1 unspecified atom stereocenters. The SMILES string of the molecule is Cc1nn(-c2cc(OC3CN(C(=O)N4N=CCC4c4cccc(F)c4)C3)c(F)cn2)c(C)c1S(N)(=O)=O. The number of aromatic nitrogens is 3. The fourth-order valence-corrected chi connectivity index (χ4v) is 5.41. The lowest BCUT2D eigenvalue weighted by Gasteiger charge is -2.41. The fourth-order valence-electron chi connectivity index (χ4n) is 4.46. The lowest BCUT2D eigenvalue weighted by Crippen LogP contribution is -2.58. The number of halogens is 2. The summed E-state index contributed by atoms with van der Waals surface area (Å²) >= 11 is 0. The number of urea groups is 1. The molecule has 14 heteroatoms. The molecule has 2 N–H and O–H groups in total. The van der Waals surface area contributed by atoms with Crippen molar-refractivity contribution in [3.63, 3.8) is 0 Å². The molecule has 0 radical (unpaired) electrons. The first-order chi connectivity index (χ1) is 17.5. The highest BCUT2D eigenvalue weighted by atomic mass is 32.2. The van der Waals surface area contributed by atoms with E-state index in [2.05, 4.69) is 15.2 Å². The molecule has 0 aliphatic carbocycles. The highest BCUT2D eigenvalue weighted by Crippen LogP contribution is 2.31. The van der Waals surface area contributed by atoms with Crippen molar-refractivity contribution in [1.29, 1.82) is 0 Å². The minimum Gasteiger partial charge on any atom is -0.483 e. The Morgan fingerprint density at radius 2 is 1.95 bits per heavy atom. The fraction of sp³-hybridized carbons (Fsp3) is 0.304. The molecule has 0 saturated carbocycles. The highest BCUT2D eigenvalue weighted by molar-refractivity contribution is 7.89. The van der Waals surface area contributed by atoms with Gasteiger partial charge in [0.25, 0.3) is 0 Å². The number of rotatable bonds is 5. The summed E-state index contributed by atoms with van der Waals surface area (Å²) in [7, 11) is -4.02. The van der Waals surface area contributed by atoms with Crippen molar-refractivity contribution < 1.29 is 26.7 Å². The Balaban J connectivity index is 1.27. The molecule has 0 spiro atoms. The van der Waals surface area contributed by atoms with E-state index in [0.717, 1.165) is 6.20 Å². The van der Waals surface area contributed by atoms with E-state index in [-0.39, 0.29) is 47.0 Å². The van der Waals surface area contributed by atoms with Crippen molar-refractivity contribution in [2.75, 3.05) is 13.1 Å². The van der Waals surface area contributed by atoms with E-state index >= 15 is 0 Å². The summed E-state index contributed by atoms with van der Waals surface area (Å²) in [5, 5.41) is 14.9. The topological polar surface area (TPSA) is 136 Å². The van der Waals surface area contributed by atoms with Crippen LogP contribution in [-0.4, -0.2) is 64.5 Å². The van der Waals surface area contributed by atoms with E-state index in [0.29, 0.717) is 12.0 Å². The van der Waals surface area contributed by atoms with Crippen LogP contribution in [0.2, 0.25) is 0 Å². The predicted molar refractivity (Wildman–Crippen MR) is 128 cm³/mol. The van der Waals surface area contributed by atoms with E-state index < -0.39 is 33.8 Å². The molecular weight excluding hydrogens is 508 g/mol. The van der Waals surface area contributed by atoms with Crippen LogP contribution < -0.4 is 9.88 Å². The molecule has 1 saturated heterocycles. The van der Waals surface area contributed by atoms with Gasteiger partial charge < -0.3 is 9.64 Å². The van der Waals surface area contributed by atoms with Gasteiger partial charge in [-0.3, -0.25) is 0 Å². The van der Waals surface area contributed by atoms with E-state index in [1.807, 2.05) is 0 Å². The summed E-state index contributed by atoms with van der Waals surface area (Å²) in [6.07, 6.45) is 2.53. The number of likely N-dealkylation sites (tertiary alicyclic amines) is 1. The second-order valence-electron chi connectivity index (χ2n) is 8.81. The van der Waals surface area contributed by atoms with Gasteiger partial charge in [0, 0.05) is 18.7 Å². The summed E-state index contributed by atoms with van der Waals surface area (Å²) in [6.45, 7) is 3.38. The summed E-state index contributed by atoms with van der Waals surface area (Å²) in [5.74, 6) is -1.10. The number of pyridine rings is 1. The van der Waals surface area contributed by atoms with Gasteiger partial charge in [-0.15, -0.1) is 0 Å². The maximum atomic E-state index is 14.5. The molecule has 11 nitrogen and oxygen atoms in total. The molecule has 2 amide bonds. The maximum absolute atomic E-state index is 14.5. The average Bonchev–Trinajstić information content (AvgIpc) is 3.41. The Labute approximate surface area is 211 Å². The van der Waals surface area contributed by atoms with Gasteiger partial charge in [0.05, 0.1) is 36.7 Å². The zero-order valence-corrected chi connectivity index (χ0v) is 20.7. The molecule has 2 aliphatic heterocycles. The summed E-state index contributed by atoms with van der Waals surface area (Å²) in [6, 6.07) is 6.56. The minimum atomic E-state index is -4.02. The second-order valence-corrected chi connectivity index (χ2v) is 10.3. The van der Waals surface area contributed by atoms with Crippen LogP contribution in [0.5, 0.6) is 5.75 Å². The number of nitrogens with zero attached hydrogens (tertiary/aromatic N) is 6. The molecular formula is C23H23F2N7O4S. The van der Waals surface area contributed by atoms with Crippen LogP contribution in [0.1, 0.15) is 29.4 Å². The Bertz CT molecular complexity index is 1520. The standard InChI is InChI=1S/C23H23F2N7O4S/c1-13-22(37(26,34)35)14(2)31(29-13)21-9-20(18(25)10-27-21)36-17-11-30(12-17)23(33)32-19(6-7-28-32)15-4-3-5-16(24)8-15/h3-5,7-10,17,19H,6,11-12H2,1-2H3,(H2,26,34,35). The number of hydrogen-bond donors (Lipinski definition) is 1. The minimum absolute atomic E-state index is 0.122. The first-order valence-corrected chi connectivity index (χ1v) is 12.8. The average molecular weight is 532 g/mol. The Kier molecular flexibility index (Phi) is 6.15. The van der Waals surface area contributed by atoms with Gasteiger partial charge in [-0.1, -0.05) is 12.1 Å². The predicted octanol–water partition coefficient (Wildman–Crippen LogP) is 2.43. The van der Waals surface area contributed by atoms with Crippen molar-refractivity contribution in [3.8, 4) is 11.6 Å². The monoisotopic (exact) mass is 531 g/mol. The molecule has 194 valence electrons. The third kappa shape index (κ3) is 4.64. The van der Waals surface area contributed by atoms with Crippen LogP contribution in [0.15, 0.2) is 46.5 Å². The van der Waals surface area contributed by atoms with Gasteiger partial charge in [0.2, 0.25) is 10.0 Å². The van der Waals surface area contributed by atoms with Crippen LogP contribution >= 0.6 is 0 Å². The lowest BCUT2D eigenvalue weighted by atomic mass is 10.0. The second kappa shape index (κ2) is 9.19. The van der Waals surface area contributed by atoms with Crippen molar-refractivity contribution >= 4 is 22.3 Å². The molecule has 3 aromatic rings. The van der Waals surface area contributed by atoms with Crippen LogP contribution in [0.25, 0.3) is 5.82 Å². The molecule has 1 aromatic carbocycles. The quantitative estimate of drug-likeness (QED) is 0.537. The van der Waals surface area contributed by atoms with Crippen LogP contribution in [0.3, 0.4) is 0 Å².